The lowest BCUT2D eigenvalue weighted by Gasteiger charge is -2.27. The van der Waals surface area contributed by atoms with Crippen LogP contribution in [0.15, 0.2) is 22.8 Å². The second kappa shape index (κ2) is 4.62. The summed E-state index contributed by atoms with van der Waals surface area (Å²) in [4.78, 5) is 0. The summed E-state index contributed by atoms with van der Waals surface area (Å²) >= 11 is 0. The predicted octanol–water partition coefficient (Wildman–Crippen LogP) is 1.29. The fourth-order valence-corrected chi connectivity index (χ4v) is 1.69. The lowest BCUT2D eigenvalue weighted by molar-refractivity contribution is 0.328. The Hall–Kier alpha value is -0.800. The highest BCUT2D eigenvalue weighted by Gasteiger charge is 2.17. The highest BCUT2D eigenvalue weighted by atomic mass is 16.3. The monoisotopic (exact) mass is 194 g/mol. The molecule has 1 aliphatic carbocycles. The molecule has 1 saturated carbocycles. The molecule has 2 rings (SSSR count). The van der Waals surface area contributed by atoms with Crippen molar-refractivity contribution in [3.8, 4) is 0 Å². The van der Waals surface area contributed by atoms with Gasteiger partial charge >= 0.3 is 0 Å². The van der Waals surface area contributed by atoms with Crippen LogP contribution in [-0.4, -0.2) is 18.6 Å². The summed E-state index contributed by atoms with van der Waals surface area (Å²) in [5, 5.41) is 3.46. The van der Waals surface area contributed by atoms with Crippen molar-refractivity contribution in [3.05, 3.63) is 24.2 Å². The molecule has 1 fully saturated rings. The van der Waals surface area contributed by atoms with Crippen molar-refractivity contribution in [1.29, 1.82) is 0 Å². The lowest BCUT2D eigenvalue weighted by atomic mass is 9.93. The van der Waals surface area contributed by atoms with Crippen LogP contribution in [0.2, 0.25) is 0 Å². The van der Waals surface area contributed by atoms with E-state index in [2.05, 4.69) is 5.32 Å². The summed E-state index contributed by atoms with van der Waals surface area (Å²) in [6.07, 6.45) is 6.51. The van der Waals surface area contributed by atoms with Crippen LogP contribution < -0.4 is 11.1 Å². The molecule has 3 N–H and O–H groups in total. The SMILES string of the molecule is NC(CNC1CCC1)Cc1ccco1. The van der Waals surface area contributed by atoms with Crippen molar-refractivity contribution in [1.82, 2.24) is 5.32 Å². The molecule has 0 bridgehead atoms. The Balaban J connectivity index is 1.65. The summed E-state index contributed by atoms with van der Waals surface area (Å²) < 4.78 is 5.24. The Bertz CT molecular complexity index is 254. The molecule has 0 amide bonds. The van der Waals surface area contributed by atoms with Crippen LogP contribution in [0.25, 0.3) is 0 Å². The van der Waals surface area contributed by atoms with Crippen LogP contribution in [0, 0.1) is 0 Å². The molecule has 0 radical (unpaired) electrons. The van der Waals surface area contributed by atoms with E-state index in [9.17, 15) is 0 Å². The predicted molar refractivity (Wildman–Crippen MR) is 56.0 cm³/mol. The molecule has 14 heavy (non-hydrogen) atoms. The van der Waals surface area contributed by atoms with Gasteiger partial charge in [-0.2, -0.15) is 0 Å². The zero-order chi connectivity index (χ0) is 9.80. The Morgan fingerprint density at radius 1 is 1.57 bits per heavy atom. The molecular formula is C11H18N2O. The molecule has 0 aromatic carbocycles. The molecule has 1 aromatic rings. The third-order valence-electron chi connectivity index (χ3n) is 2.82. The van der Waals surface area contributed by atoms with Crippen LogP contribution in [0.3, 0.4) is 0 Å². The zero-order valence-electron chi connectivity index (χ0n) is 8.41. The van der Waals surface area contributed by atoms with Gasteiger partial charge in [0.2, 0.25) is 0 Å². The van der Waals surface area contributed by atoms with Crippen LogP contribution in [-0.2, 0) is 6.42 Å². The molecule has 0 saturated heterocycles. The number of nitrogens with two attached hydrogens (primary N) is 1. The number of rotatable bonds is 5. The quantitative estimate of drug-likeness (QED) is 0.742. The maximum atomic E-state index is 5.97. The first-order valence-corrected chi connectivity index (χ1v) is 5.36. The molecule has 1 atom stereocenters. The molecule has 1 aromatic heterocycles. The second-order valence-electron chi connectivity index (χ2n) is 4.08. The molecule has 0 spiro atoms. The van der Waals surface area contributed by atoms with Crippen molar-refractivity contribution in [3.63, 3.8) is 0 Å². The van der Waals surface area contributed by atoms with Gasteiger partial charge in [0, 0.05) is 25.0 Å². The van der Waals surface area contributed by atoms with Crippen LogP contribution in [0.4, 0.5) is 0 Å². The van der Waals surface area contributed by atoms with Gasteiger partial charge in [0.15, 0.2) is 0 Å². The summed E-state index contributed by atoms with van der Waals surface area (Å²) in [5.74, 6) is 0.980. The van der Waals surface area contributed by atoms with Gasteiger partial charge < -0.3 is 15.5 Å². The minimum Gasteiger partial charge on any atom is -0.469 e. The van der Waals surface area contributed by atoms with Crippen molar-refractivity contribution in [2.45, 2.75) is 37.8 Å². The molecule has 78 valence electrons. The lowest BCUT2D eigenvalue weighted by Crippen LogP contribution is -2.43. The molecular weight excluding hydrogens is 176 g/mol. The van der Waals surface area contributed by atoms with E-state index in [0.29, 0.717) is 0 Å². The van der Waals surface area contributed by atoms with Crippen molar-refractivity contribution in [2.24, 2.45) is 5.73 Å². The van der Waals surface area contributed by atoms with Gasteiger partial charge in [-0.1, -0.05) is 6.42 Å². The van der Waals surface area contributed by atoms with Crippen molar-refractivity contribution < 1.29 is 4.42 Å². The van der Waals surface area contributed by atoms with Gasteiger partial charge in [-0.3, -0.25) is 0 Å². The average molecular weight is 194 g/mol. The summed E-state index contributed by atoms with van der Waals surface area (Å²) in [6.45, 7) is 0.894. The van der Waals surface area contributed by atoms with Gasteiger partial charge in [0.05, 0.1) is 6.26 Å². The van der Waals surface area contributed by atoms with Crippen molar-refractivity contribution >= 4 is 0 Å². The third-order valence-corrected chi connectivity index (χ3v) is 2.82. The Morgan fingerprint density at radius 3 is 3.00 bits per heavy atom. The maximum Gasteiger partial charge on any atom is 0.105 e. The van der Waals surface area contributed by atoms with E-state index < -0.39 is 0 Å². The largest absolute Gasteiger partial charge is 0.469 e. The van der Waals surface area contributed by atoms with Crippen LogP contribution >= 0.6 is 0 Å². The Labute approximate surface area is 84.7 Å². The first-order valence-electron chi connectivity index (χ1n) is 5.36. The van der Waals surface area contributed by atoms with Gasteiger partial charge in [-0.15, -0.1) is 0 Å². The Morgan fingerprint density at radius 2 is 2.43 bits per heavy atom. The highest BCUT2D eigenvalue weighted by molar-refractivity contribution is 5.00. The van der Waals surface area contributed by atoms with Gasteiger partial charge in [-0.25, -0.2) is 0 Å². The zero-order valence-corrected chi connectivity index (χ0v) is 8.41. The molecule has 1 unspecified atom stereocenters. The van der Waals surface area contributed by atoms with E-state index in [1.165, 1.54) is 19.3 Å². The van der Waals surface area contributed by atoms with Gasteiger partial charge in [0.25, 0.3) is 0 Å². The number of nitrogens with one attached hydrogen (secondary N) is 1. The minimum absolute atomic E-state index is 0.168. The summed E-state index contributed by atoms with van der Waals surface area (Å²) in [7, 11) is 0. The second-order valence-corrected chi connectivity index (χ2v) is 4.08. The first kappa shape index (κ1) is 9.74. The van der Waals surface area contributed by atoms with Crippen LogP contribution in [0.5, 0.6) is 0 Å². The fraction of sp³-hybridized carbons (Fsp3) is 0.636. The maximum absolute atomic E-state index is 5.97. The van der Waals surface area contributed by atoms with Crippen LogP contribution in [0.1, 0.15) is 25.0 Å². The standard InChI is InChI=1S/C11H18N2O/c12-9(7-11-5-2-6-14-11)8-13-10-3-1-4-10/h2,5-6,9-10,13H,1,3-4,7-8,12H2. The van der Waals surface area contributed by atoms with E-state index >= 15 is 0 Å². The van der Waals surface area contributed by atoms with E-state index in [1.54, 1.807) is 6.26 Å². The third kappa shape index (κ3) is 2.59. The first-order chi connectivity index (χ1) is 6.84. The van der Waals surface area contributed by atoms with Gasteiger partial charge in [-0.05, 0) is 25.0 Å². The fourth-order valence-electron chi connectivity index (χ4n) is 1.69. The minimum atomic E-state index is 0.168. The number of furan rings is 1. The molecule has 3 nitrogen and oxygen atoms in total. The van der Waals surface area contributed by atoms with E-state index in [0.717, 1.165) is 24.8 Å². The summed E-state index contributed by atoms with van der Waals surface area (Å²) in [6, 6.07) is 4.77. The highest BCUT2D eigenvalue weighted by Crippen LogP contribution is 2.17. The molecule has 3 heteroatoms. The average Bonchev–Trinajstić information content (AvgIpc) is 2.54. The van der Waals surface area contributed by atoms with Crippen molar-refractivity contribution in [2.75, 3.05) is 6.54 Å². The molecule has 1 heterocycles. The number of hydrogen-bond donors (Lipinski definition) is 2. The summed E-state index contributed by atoms with van der Waals surface area (Å²) in [5.41, 5.74) is 5.97. The van der Waals surface area contributed by atoms with E-state index in [4.69, 9.17) is 10.2 Å². The van der Waals surface area contributed by atoms with Gasteiger partial charge in [0.1, 0.15) is 5.76 Å². The molecule has 1 aliphatic rings. The number of hydrogen-bond acceptors (Lipinski definition) is 3. The topological polar surface area (TPSA) is 51.2 Å². The Kier molecular flexibility index (Phi) is 3.22. The molecule has 0 aliphatic heterocycles. The van der Waals surface area contributed by atoms with E-state index in [-0.39, 0.29) is 6.04 Å². The smallest absolute Gasteiger partial charge is 0.105 e. The normalized spacial score (nSPS) is 19.2. The van der Waals surface area contributed by atoms with E-state index in [1.807, 2.05) is 12.1 Å².